The van der Waals surface area contributed by atoms with E-state index in [-0.39, 0.29) is 0 Å². The van der Waals surface area contributed by atoms with Crippen molar-refractivity contribution in [2.75, 3.05) is 46.0 Å². The highest BCUT2D eigenvalue weighted by molar-refractivity contribution is 6.60. The Balaban J connectivity index is 5.16. The van der Waals surface area contributed by atoms with E-state index in [0.29, 0.717) is 19.8 Å². The first kappa shape index (κ1) is 29.1. The molecule has 0 aliphatic carbocycles. The molecule has 0 aliphatic heterocycles. The van der Waals surface area contributed by atoms with Crippen LogP contribution in [-0.4, -0.2) is 59.3 Å². The zero-order valence-corrected chi connectivity index (χ0v) is 21.9. The normalized spacial score (nSPS) is 12.6. The van der Waals surface area contributed by atoms with Gasteiger partial charge >= 0.3 is 8.80 Å². The molecule has 176 valence electrons. The van der Waals surface area contributed by atoms with Gasteiger partial charge in [-0.3, -0.25) is 0 Å². The van der Waals surface area contributed by atoms with Crippen molar-refractivity contribution in [1.82, 2.24) is 0 Å². The molecule has 5 heteroatoms. The van der Waals surface area contributed by atoms with E-state index < -0.39 is 8.80 Å². The molecule has 0 aliphatic rings. The van der Waals surface area contributed by atoms with Crippen LogP contribution in [0.15, 0.2) is 0 Å². The van der Waals surface area contributed by atoms with Crippen LogP contribution in [-0.2, 0) is 13.3 Å². The molecule has 29 heavy (non-hydrogen) atoms. The largest absolute Gasteiger partial charge is 0.501 e. The first-order valence-electron chi connectivity index (χ1n) is 12.8. The van der Waals surface area contributed by atoms with Crippen molar-refractivity contribution in [2.45, 2.75) is 112 Å². The predicted octanol–water partition coefficient (Wildman–Crippen LogP) is 6.81. The number of rotatable bonds is 22. The molecule has 0 aromatic heterocycles. The van der Waals surface area contributed by atoms with Gasteiger partial charge in [0.15, 0.2) is 0 Å². The topological polar surface area (TPSA) is 27.7 Å². The number of quaternary nitrogens is 1. The Morgan fingerprint density at radius 2 is 0.828 bits per heavy atom. The summed E-state index contributed by atoms with van der Waals surface area (Å²) < 4.78 is 19.6. The minimum Gasteiger partial charge on any atom is -0.374 e. The summed E-state index contributed by atoms with van der Waals surface area (Å²) in [4.78, 5) is 0. The van der Waals surface area contributed by atoms with E-state index in [9.17, 15) is 0 Å². The van der Waals surface area contributed by atoms with Gasteiger partial charge in [-0.1, -0.05) is 40.0 Å². The summed E-state index contributed by atoms with van der Waals surface area (Å²) in [6.45, 7) is 20.4. The van der Waals surface area contributed by atoms with E-state index in [1.165, 1.54) is 88.4 Å². The van der Waals surface area contributed by atoms with Crippen LogP contribution in [0.25, 0.3) is 0 Å². The van der Waals surface area contributed by atoms with Gasteiger partial charge in [0.25, 0.3) is 0 Å². The van der Waals surface area contributed by atoms with Crippen molar-refractivity contribution in [3.63, 3.8) is 0 Å². The van der Waals surface area contributed by atoms with Gasteiger partial charge in [0.2, 0.25) is 0 Å². The molecule has 0 N–H and O–H groups in total. The highest BCUT2D eigenvalue weighted by atomic mass is 28.4. The SMILES string of the molecule is CCCCC[N+](CCCCC)(CCCCC)CCC[Si](OCC)(OCC)OCC. The number of hydrogen-bond donors (Lipinski definition) is 0. The molecule has 0 saturated carbocycles. The van der Waals surface area contributed by atoms with Gasteiger partial charge in [0.05, 0.1) is 26.2 Å². The lowest BCUT2D eigenvalue weighted by Gasteiger charge is -2.40. The van der Waals surface area contributed by atoms with Crippen molar-refractivity contribution in [3.8, 4) is 0 Å². The Labute approximate surface area is 184 Å². The molecule has 0 fully saturated rings. The molecule has 0 radical (unpaired) electrons. The fourth-order valence-electron chi connectivity index (χ4n) is 4.39. The number of hydrogen-bond acceptors (Lipinski definition) is 3. The van der Waals surface area contributed by atoms with E-state index in [0.717, 1.165) is 12.5 Å². The molecule has 0 aromatic carbocycles. The zero-order valence-electron chi connectivity index (χ0n) is 20.9. The van der Waals surface area contributed by atoms with Gasteiger partial charge in [-0.15, -0.1) is 0 Å². The van der Waals surface area contributed by atoms with E-state index in [1.54, 1.807) is 0 Å². The van der Waals surface area contributed by atoms with E-state index in [2.05, 4.69) is 41.5 Å². The van der Waals surface area contributed by atoms with Gasteiger partial charge < -0.3 is 17.8 Å². The maximum Gasteiger partial charge on any atom is 0.501 e. The third-order valence-corrected chi connectivity index (χ3v) is 9.07. The number of nitrogens with zero attached hydrogens (tertiary/aromatic N) is 1. The maximum atomic E-state index is 6.11. The monoisotopic (exact) mass is 432 g/mol. The smallest absolute Gasteiger partial charge is 0.374 e. The molecule has 0 rings (SSSR count). The first-order valence-corrected chi connectivity index (χ1v) is 14.8. The second kappa shape index (κ2) is 18.8. The Hall–Kier alpha value is 0.0569. The lowest BCUT2D eigenvalue weighted by Crippen LogP contribution is -2.52. The Kier molecular flexibility index (Phi) is 18.8. The summed E-state index contributed by atoms with van der Waals surface area (Å²) in [5.74, 6) is 0. The molecule has 0 spiro atoms. The summed E-state index contributed by atoms with van der Waals surface area (Å²) >= 11 is 0. The Morgan fingerprint density at radius 3 is 1.14 bits per heavy atom. The van der Waals surface area contributed by atoms with Crippen LogP contribution in [0.4, 0.5) is 0 Å². The Morgan fingerprint density at radius 1 is 0.483 bits per heavy atom. The highest BCUT2D eigenvalue weighted by Crippen LogP contribution is 2.23. The quantitative estimate of drug-likeness (QED) is 0.107. The van der Waals surface area contributed by atoms with Crippen LogP contribution in [0, 0.1) is 0 Å². The predicted molar refractivity (Wildman–Crippen MR) is 128 cm³/mol. The van der Waals surface area contributed by atoms with Gasteiger partial charge in [-0.05, 0) is 59.3 Å². The fraction of sp³-hybridized carbons (Fsp3) is 1.00. The first-order chi connectivity index (χ1) is 14.1. The van der Waals surface area contributed by atoms with Crippen molar-refractivity contribution in [1.29, 1.82) is 0 Å². The molecule has 0 atom stereocenters. The van der Waals surface area contributed by atoms with Crippen LogP contribution in [0.3, 0.4) is 0 Å². The standard InChI is InChI=1S/C24H54NO3Si/c1-7-13-16-20-25(21-17-14-8-2,22-18-15-9-3)23-19-24-29(26-10-4,27-11-5)28-12-6/h7-24H2,1-6H3/q+1. The van der Waals surface area contributed by atoms with Gasteiger partial charge in [-0.2, -0.15) is 0 Å². The van der Waals surface area contributed by atoms with Crippen molar-refractivity contribution in [2.24, 2.45) is 0 Å². The summed E-state index contributed by atoms with van der Waals surface area (Å²) in [6.07, 6.45) is 13.2. The lowest BCUT2D eigenvalue weighted by molar-refractivity contribution is -0.929. The zero-order chi connectivity index (χ0) is 21.8. The summed E-state index contributed by atoms with van der Waals surface area (Å²) in [5.41, 5.74) is 0. The van der Waals surface area contributed by atoms with Crippen molar-refractivity contribution >= 4 is 8.80 Å². The fourth-order valence-corrected chi connectivity index (χ4v) is 6.99. The summed E-state index contributed by atoms with van der Waals surface area (Å²) in [7, 11) is -2.52. The molecule has 0 saturated heterocycles. The molecule has 0 heterocycles. The average Bonchev–Trinajstić information content (AvgIpc) is 2.69. The van der Waals surface area contributed by atoms with Gasteiger partial charge in [0.1, 0.15) is 0 Å². The van der Waals surface area contributed by atoms with Crippen LogP contribution in [0.2, 0.25) is 6.04 Å². The van der Waals surface area contributed by atoms with Crippen molar-refractivity contribution in [3.05, 3.63) is 0 Å². The third-order valence-electron chi connectivity index (χ3n) is 5.92. The lowest BCUT2D eigenvalue weighted by atomic mass is 10.1. The minimum atomic E-state index is -2.52. The van der Waals surface area contributed by atoms with Crippen LogP contribution in [0.5, 0.6) is 0 Å². The molecule has 4 nitrogen and oxygen atoms in total. The Bertz CT molecular complexity index is 311. The van der Waals surface area contributed by atoms with Gasteiger partial charge in [0, 0.05) is 32.3 Å². The van der Waals surface area contributed by atoms with Crippen LogP contribution < -0.4 is 0 Å². The number of unbranched alkanes of at least 4 members (excludes halogenated alkanes) is 6. The van der Waals surface area contributed by atoms with E-state index in [1.807, 2.05) is 0 Å². The minimum absolute atomic E-state index is 0.676. The molecular weight excluding hydrogens is 378 g/mol. The molecular formula is C24H54NO3Si+. The maximum absolute atomic E-state index is 6.11. The van der Waals surface area contributed by atoms with E-state index in [4.69, 9.17) is 13.3 Å². The van der Waals surface area contributed by atoms with Gasteiger partial charge in [-0.25, -0.2) is 0 Å². The average molecular weight is 433 g/mol. The summed E-state index contributed by atoms with van der Waals surface area (Å²) in [6, 6.07) is 0.956. The van der Waals surface area contributed by atoms with E-state index >= 15 is 0 Å². The van der Waals surface area contributed by atoms with Crippen molar-refractivity contribution < 1.29 is 17.8 Å². The molecule has 0 amide bonds. The second-order valence-electron chi connectivity index (χ2n) is 8.44. The highest BCUT2D eigenvalue weighted by Gasteiger charge is 2.41. The molecule has 0 aromatic rings. The molecule has 0 bridgehead atoms. The molecule has 0 unspecified atom stereocenters. The third kappa shape index (κ3) is 13.2. The second-order valence-corrected chi connectivity index (χ2v) is 11.2. The summed E-state index contributed by atoms with van der Waals surface area (Å²) in [5, 5.41) is 0. The van der Waals surface area contributed by atoms with Crippen LogP contribution in [0.1, 0.15) is 106 Å². The van der Waals surface area contributed by atoms with Crippen LogP contribution >= 0.6 is 0 Å².